The van der Waals surface area contributed by atoms with Gasteiger partial charge in [0.15, 0.2) is 17.3 Å². The summed E-state index contributed by atoms with van der Waals surface area (Å²) in [7, 11) is 0. The fraction of sp³-hybridized carbons (Fsp3) is 0.618. The molecule has 0 saturated heterocycles. The van der Waals surface area contributed by atoms with Crippen LogP contribution in [0.2, 0.25) is 0 Å². The number of fused-ring (bicyclic) bond motifs is 3. The maximum Gasteiger partial charge on any atom is 0.193 e. The maximum atomic E-state index is 14.5. The number of phenolic OH excluding ortho intramolecular Hbond substituents is 1. The molecular formula is C34H46O4. The summed E-state index contributed by atoms with van der Waals surface area (Å²) in [6.07, 6.45) is 4.75. The minimum Gasteiger partial charge on any atom is -0.507 e. The number of rotatable bonds is 6. The summed E-state index contributed by atoms with van der Waals surface area (Å²) < 4.78 is 0. The van der Waals surface area contributed by atoms with Gasteiger partial charge in [0.2, 0.25) is 0 Å². The predicted molar refractivity (Wildman–Crippen MR) is 153 cm³/mol. The number of ketones is 3. The van der Waals surface area contributed by atoms with Crippen LogP contribution in [0.4, 0.5) is 0 Å². The van der Waals surface area contributed by atoms with Gasteiger partial charge in [-0.25, -0.2) is 0 Å². The number of Topliss-reactive ketones (excluding diaryl/α,β-unsaturated/α-hetero) is 3. The molecule has 0 heterocycles. The molecule has 0 amide bonds. The van der Waals surface area contributed by atoms with E-state index in [1.807, 2.05) is 20.8 Å². The van der Waals surface area contributed by atoms with Gasteiger partial charge in [-0.15, -0.1) is 0 Å². The van der Waals surface area contributed by atoms with Gasteiger partial charge in [-0.1, -0.05) is 65.2 Å². The Kier molecular flexibility index (Phi) is 6.99. The van der Waals surface area contributed by atoms with Gasteiger partial charge in [-0.3, -0.25) is 14.4 Å². The largest absolute Gasteiger partial charge is 0.507 e. The van der Waals surface area contributed by atoms with Crippen molar-refractivity contribution >= 4 is 17.3 Å². The Labute approximate surface area is 229 Å². The first-order valence-corrected chi connectivity index (χ1v) is 14.4. The summed E-state index contributed by atoms with van der Waals surface area (Å²) in [6.45, 7) is 20.3. The van der Waals surface area contributed by atoms with Crippen LogP contribution in [0.15, 0.2) is 28.4 Å². The van der Waals surface area contributed by atoms with Crippen LogP contribution in [0.25, 0.3) is 0 Å². The van der Waals surface area contributed by atoms with Crippen LogP contribution in [-0.4, -0.2) is 22.5 Å². The number of benzene rings is 1. The molecule has 0 aromatic heterocycles. The monoisotopic (exact) mass is 518 g/mol. The summed E-state index contributed by atoms with van der Waals surface area (Å²) in [4.78, 5) is 41.1. The van der Waals surface area contributed by atoms with Crippen molar-refractivity contribution in [3.8, 4) is 5.75 Å². The van der Waals surface area contributed by atoms with Crippen LogP contribution in [0.3, 0.4) is 0 Å². The van der Waals surface area contributed by atoms with Crippen LogP contribution < -0.4 is 0 Å². The van der Waals surface area contributed by atoms with E-state index in [1.165, 1.54) is 6.92 Å². The number of carbonyl (C=O) groups is 3. The van der Waals surface area contributed by atoms with Gasteiger partial charge >= 0.3 is 0 Å². The van der Waals surface area contributed by atoms with Crippen molar-refractivity contribution in [3.63, 3.8) is 0 Å². The molecule has 4 rings (SSSR count). The highest BCUT2D eigenvalue weighted by atomic mass is 16.3. The lowest BCUT2D eigenvalue weighted by Crippen LogP contribution is -2.57. The zero-order valence-corrected chi connectivity index (χ0v) is 25.1. The van der Waals surface area contributed by atoms with Gasteiger partial charge < -0.3 is 5.11 Å². The van der Waals surface area contributed by atoms with Crippen molar-refractivity contribution in [1.29, 1.82) is 0 Å². The number of aromatic hydroxyl groups is 1. The molecule has 1 aromatic rings. The molecule has 3 aliphatic rings. The second-order valence-electron chi connectivity index (χ2n) is 13.9. The number of phenols is 1. The third-order valence-corrected chi connectivity index (χ3v) is 10.2. The SMILES string of the molecule is CC(=O)C1=C(C)CC2(C)CC3(C)Cc4c(C(C)C)cc(CCCC(C)C)c(O)c4C(=O)C3=C(C)C2(C)C1=O. The van der Waals surface area contributed by atoms with Gasteiger partial charge in [0.1, 0.15) is 5.75 Å². The predicted octanol–water partition coefficient (Wildman–Crippen LogP) is 7.85. The van der Waals surface area contributed by atoms with Gasteiger partial charge in [-0.05, 0) is 93.7 Å². The highest BCUT2D eigenvalue weighted by Crippen LogP contribution is 2.66. The molecule has 3 unspecified atom stereocenters. The third kappa shape index (κ3) is 3.97. The van der Waals surface area contributed by atoms with E-state index in [9.17, 15) is 19.5 Å². The lowest BCUT2D eigenvalue weighted by atomic mass is 9.42. The minimum absolute atomic E-state index is 0.120. The van der Waals surface area contributed by atoms with E-state index < -0.39 is 16.2 Å². The van der Waals surface area contributed by atoms with Gasteiger partial charge in [-0.2, -0.15) is 0 Å². The third-order valence-electron chi connectivity index (χ3n) is 10.2. The smallest absolute Gasteiger partial charge is 0.193 e. The normalized spacial score (nSPS) is 29.2. The van der Waals surface area contributed by atoms with E-state index in [-0.39, 0.29) is 29.0 Å². The number of allylic oxidation sites excluding steroid dienone is 4. The van der Waals surface area contributed by atoms with Crippen molar-refractivity contribution in [2.45, 2.75) is 114 Å². The molecule has 3 aliphatic carbocycles. The van der Waals surface area contributed by atoms with E-state index in [1.54, 1.807) is 0 Å². The maximum absolute atomic E-state index is 14.5. The minimum atomic E-state index is -0.944. The molecule has 0 fully saturated rings. The highest BCUT2D eigenvalue weighted by molar-refractivity contribution is 6.24. The van der Waals surface area contributed by atoms with Crippen molar-refractivity contribution in [2.75, 3.05) is 0 Å². The van der Waals surface area contributed by atoms with Crippen LogP contribution >= 0.6 is 0 Å². The van der Waals surface area contributed by atoms with Crippen LogP contribution in [0.1, 0.15) is 128 Å². The van der Waals surface area contributed by atoms with E-state index in [2.05, 4.69) is 47.6 Å². The van der Waals surface area contributed by atoms with E-state index in [0.29, 0.717) is 41.9 Å². The molecule has 0 spiro atoms. The number of aryl methyl sites for hydroxylation is 1. The first-order chi connectivity index (χ1) is 17.5. The standard InChI is InChI=1S/C34H46O4/c1-18(2)12-11-13-23-14-24(19(3)4)25-16-32(8)17-33(9)15-20(5)26(22(7)35)31(38)34(33,10)21(6)28(32)30(37)27(25)29(23)36/h14,18-19,36H,11-13,15-17H2,1-10H3. The van der Waals surface area contributed by atoms with Crippen molar-refractivity contribution < 1.29 is 19.5 Å². The van der Waals surface area contributed by atoms with Crippen molar-refractivity contribution in [3.05, 3.63) is 50.6 Å². The van der Waals surface area contributed by atoms with E-state index in [0.717, 1.165) is 47.1 Å². The molecule has 3 atom stereocenters. The molecular weight excluding hydrogens is 472 g/mol. The highest BCUT2D eigenvalue weighted by Gasteiger charge is 2.63. The average molecular weight is 519 g/mol. The molecule has 38 heavy (non-hydrogen) atoms. The van der Waals surface area contributed by atoms with Crippen molar-refractivity contribution in [2.24, 2.45) is 22.2 Å². The first kappa shape index (κ1) is 28.5. The molecule has 1 N–H and O–H groups in total. The summed E-state index contributed by atoms with van der Waals surface area (Å²) in [5, 5.41) is 11.5. The molecule has 0 bridgehead atoms. The summed E-state index contributed by atoms with van der Waals surface area (Å²) in [5.74, 6) is 0.429. The Morgan fingerprint density at radius 2 is 1.68 bits per heavy atom. The Bertz CT molecular complexity index is 1310. The lowest BCUT2D eigenvalue weighted by molar-refractivity contribution is -0.134. The summed E-state index contributed by atoms with van der Waals surface area (Å²) >= 11 is 0. The fourth-order valence-electron chi connectivity index (χ4n) is 8.29. The molecule has 4 nitrogen and oxygen atoms in total. The Morgan fingerprint density at radius 3 is 2.24 bits per heavy atom. The summed E-state index contributed by atoms with van der Waals surface area (Å²) in [5.41, 5.74) is 4.21. The number of carbonyl (C=O) groups excluding carboxylic acids is 3. The van der Waals surface area contributed by atoms with Crippen LogP contribution in [-0.2, 0) is 22.4 Å². The second-order valence-corrected chi connectivity index (χ2v) is 13.9. The van der Waals surface area contributed by atoms with E-state index >= 15 is 0 Å². The Hall–Kier alpha value is -2.49. The molecule has 1 aromatic carbocycles. The quantitative estimate of drug-likeness (QED) is 0.389. The lowest BCUT2D eigenvalue weighted by Gasteiger charge is -2.59. The Balaban J connectivity index is 1.95. The average Bonchev–Trinajstić information content (AvgIpc) is 2.76. The van der Waals surface area contributed by atoms with Gasteiger partial charge in [0.05, 0.1) is 16.6 Å². The molecule has 0 saturated carbocycles. The number of hydrogen-bond acceptors (Lipinski definition) is 4. The topological polar surface area (TPSA) is 71.4 Å². The zero-order valence-electron chi connectivity index (χ0n) is 25.1. The second kappa shape index (κ2) is 9.31. The first-order valence-electron chi connectivity index (χ1n) is 14.4. The molecule has 206 valence electrons. The fourth-order valence-corrected chi connectivity index (χ4v) is 8.29. The van der Waals surface area contributed by atoms with Crippen LogP contribution in [0, 0.1) is 22.2 Å². The number of hydrogen-bond donors (Lipinski definition) is 1. The molecule has 0 aliphatic heterocycles. The summed E-state index contributed by atoms with van der Waals surface area (Å²) in [6, 6.07) is 2.14. The zero-order chi connectivity index (χ0) is 28.5. The Morgan fingerprint density at radius 1 is 1.05 bits per heavy atom. The van der Waals surface area contributed by atoms with E-state index in [4.69, 9.17) is 0 Å². The van der Waals surface area contributed by atoms with Crippen molar-refractivity contribution in [1.82, 2.24) is 0 Å². The van der Waals surface area contributed by atoms with Crippen LogP contribution in [0.5, 0.6) is 5.75 Å². The molecule has 0 radical (unpaired) electrons. The van der Waals surface area contributed by atoms with Gasteiger partial charge in [0.25, 0.3) is 0 Å². The molecule has 4 heteroatoms. The van der Waals surface area contributed by atoms with Gasteiger partial charge in [0, 0.05) is 11.0 Å².